The fourth-order valence-electron chi connectivity index (χ4n) is 2.32. The van der Waals surface area contributed by atoms with Gasteiger partial charge in [0.2, 0.25) is 5.91 Å². The number of benzene rings is 2. The van der Waals surface area contributed by atoms with Gasteiger partial charge in [-0.15, -0.1) is 0 Å². The van der Waals surface area contributed by atoms with Crippen molar-refractivity contribution >= 4 is 44.9 Å². The second-order valence-electron chi connectivity index (χ2n) is 5.29. The largest absolute Gasteiger partial charge is 0.324 e. The average Bonchev–Trinajstić information content (AvgIpc) is 3.01. The minimum Gasteiger partial charge on any atom is -0.324 e. The van der Waals surface area contributed by atoms with Gasteiger partial charge in [-0.25, -0.2) is 0 Å². The molecule has 25 heavy (non-hydrogen) atoms. The Morgan fingerprint density at radius 2 is 1.92 bits per heavy atom. The smallest absolute Gasteiger partial charge is 0.246 e. The summed E-state index contributed by atoms with van der Waals surface area (Å²) in [7, 11) is 0. The molecule has 0 unspecified atom stereocenters. The summed E-state index contributed by atoms with van der Waals surface area (Å²) in [5.74, 6) is -0.500. The molecule has 1 heterocycles. The molecule has 3 rings (SSSR count). The van der Waals surface area contributed by atoms with Gasteiger partial charge in [0.15, 0.2) is 5.78 Å². The van der Waals surface area contributed by atoms with Crippen molar-refractivity contribution in [3.05, 3.63) is 81.5 Å². The van der Waals surface area contributed by atoms with Gasteiger partial charge in [0.1, 0.15) is 6.54 Å². The summed E-state index contributed by atoms with van der Waals surface area (Å²) in [6.45, 7) is 0.0349. The van der Waals surface area contributed by atoms with Crippen molar-refractivity contribution in [3.63, 3.8) is 0 Å². The Morgan fingerprint density at radius 3 is 2.60 bits per heavy atom. The predicted molar refractivity (Wildman–Crippen MR) is 99.9 cm³/mol. The number of carbonyl (C=O) groups is 2. The molecule has 1 N–H and O–H groups in total. The van der Waals surface area contributed by atoms with E-state index in [2.05, 4.69) is 26.3 Å². The third-order valence-electron chi connectivity index (χ3n) is 3.44. The van der Waals surface area contributed by atoms with Crippen LogP contribution in [0.2, 0.25) is 5.02 Å². The zero-order valence-corrected chi connectivity index (χ0v) is 15.3. The van der Waals surface area contributed by atoms with Crippen LogP contribution in [0.5, 0.6) is 0 Å². The van der Waals surface area contributed by atoms with E-state index in [-0.39, 0.29) is 18.2 Å². The molecule has 0 saturated carbocycles. The molecule has 0 atom stereocenters. The lowest BCUT2D eigenvalue weighted by Crippen LogP contribution is -2.20. The summed E-state index contributed by atoms with van der Waals surface area (Å²) in [6.07, 6.45) is 3.29. The van der Waals surface area contributed by atoms with Crippen molar-refractivity contribution < 1.29 is 9.59 Å². The normalized spacial score (nSPS) is 10.5. The molecule has 5 nitrogen and oxygen atoms in total. The lowest BCUT2D eigenvalue weighted by atomic mass is 10.0. The molecule has 0 bridgehead atoms. The van der Waals surface area contributed by atoms with Crippen LogP contribution in [-0.4, -0.2) is 21.5 Å². The highest BCUT2D eigenvalue weighted by Crippen LogP contribution is 2.24. The van der Waals surface area contributed by atoms with Crippen LogP contribution in [0.3, 0.4) is 0 Å². The first kappa shape index (κ1) is 17.4. The molecule has 3 aromatic rings. The molecular formula is C18H13BrClN3O2. The Labute approximate surface area is 157 Å². The van der Waals surface area contributed by atoms with Crippen molar-refractivity contribution in [3.8, 4) is 0 Å². The maximum absolute atomic E-state index is 12.7. The Morgan fingerprint density at radius 1 is 1.16 bits per heavy atom. The molecule has 2 aromatic carbocycles. The number of amides is 1. The second-order valence-corrected chi connectivity index (χ2v) is 6.64. The maximum Gasteiger partial charge on any atom is 0.246 e. The van der Waals surface area contributed by atoms with E-state index in [9.17, 15) is 9.59 Å². The minimum absolute atomic E-state index is 0.0349. The molecule has 0 aliphatic carbocycles. The number of nitrogens with one attached hydrogen (secondary N) is 1. The molecule has 0 fully saturated rings. The molecule has 0 aliphatic heterocycles. The van der Waals surface area contributed by atoms with E-state index in [1.54, 1.807) is 54.9 Å². The highest BCUT2D eigenvalue weighted by molar-refractivity contribution is 9.10. The number of carbonyl (C=O) groups excluding carboxylic acids is 2. The zero-order chi connectivity index (χ0) is 17.8. The molecule has 7 heteroatoms. The van der Waals surface area contributed by atoms with Crippen molar-refractivity contribution in [2.75, 3.05) is 5.32 Å². The molecule has 0 aliphatic rings. The molecular weight excluding hydrogens is 406 g/mol. The topological polar surface area (TPSA) is 64.0 Å². The van der Waals surface area contributed by atoms with Gasteiger partial charge < -0.3 is 5.32 Å². The van der Waals surface area contributed by atoms with E-state index in [1.165, 1.54) is 4.68 Å². The summed E-state index contributed by atoms with van der Waals surface area (Å²) in [5.41, 5.74) is 1.28. The quantitative estimate of drug-likeness (QED) is 0.633. The number of anilines is 1. The van der Waals surface area contributed by atoms with Gasteiger partial charge in [0.25, 0.3) is 0 Å². The van der Waals surface area contributed by atoms with E-state index in [0.29, 0.717) is 21.8 Å². The monoisotopic (exact) mass is 417 g/mol. The van der Waals surface area contributed by atoms with E-state index in [4.69, 9.17) is 11.6 Å². The molecule has 126 valence electrons. The van der Waals surface area contributed by atoms with Gasteiger partial charge in [0.05, 0.1) is 16.4 Å². The molecule has 1 aromatic heterocycles. The highest BCUT2D eigenvalue weighted by atomic mass is 79.9. The number of aromatic nitrogens is 2. The van der Waals surface area contributed by atoms with Crippen LogP contribution in [0.1, 0.15) is 15.9 Å². The van der Waals surface area contributed by atoms with E-state index in [1.807, 2.05) is 6.07 Å². The summed E-state index contributed by atoms with van der Waals surface area (Å²) < 4.78 is 2.28. The van der Waals surface area contributed by atoms with Crippen LogP contribution in [0.25, 0.3) is 0 Å². The Kier molecular flexibility index (Phi) is 5.31. The standard InChI is InChI=1S/C18H13BrClN3O2/c19-13-9-21-23(10-13)11-17(24)22-16-7-6-14(20)8-15(16)18(25)12-4-2-1-3-5-12/h1-10H,11H2,(H,22,24). The van der Waals surface area contributed by atoms with Gasteiger partial charge in [0, 0.05) is 22.3 Å². The number of halogens is 2. The number of ketones is 1. The second kappa shape index (κ2) is 7.63. The predicted octanol–water partition coefficient (Wildman–Crippen LogP) is 4.17. The van der Waals surface area contributed by atoms with E-state index in [0.717, 1.165) is 4.47 Å². The third kappa shape index (κ3) is 4.35. The first-order valence-corrected chi connectivity index (χ1v) is 8.57. The van der Waals surface area contributed by atoms with Crippen LogP contribution in [0, 0.1) is 0 Å². The highest BCUT2D eigenvalue weighted by Gasteiger charge is 2.16. The SMILES string of the molecule is O=C(Cn1cc(Br)cn1)Nc1ccc(Cl)cc1C(=O)c1ccccc1. The van der Waals surface area contributed by atoms with Crippen molar-refractivity contribution in [1.29, 1.82) is 0 Å². The maximum atomic E-state index is 12.7. The van der Waals surface area contributed by atoms with Gasteiger partial charge in [-0.3, -0.25) is 14.3 Å². The van der Waals surface area contributed by atoms with Gasteiger partial charge in [-0.1, -0.05) is 41.9 Å². The third-order valence-corrected chi connectivity index (χ3v) is 4.09. The average molecular weight is 419 g/mol. The Balaban J connectivity index is 1.84. The van der Waals surface area contributed by atoms with Gasteiger partial charge in [-0.05, 0) is 34.1 Å². The van der Waals surface area contributed by atoms with Gasteiger partial charge in [-0.2, -0.15) is 5.10 Å². The van der Waals surface area contributed by atoms with Crippen molar-refractivity contribution in [2.45, 2.75) is 6.54 Å². The number of rotatable bonds is 5. The van der Waals surface area contributed by atoms with Crippen molar-refractivity contribution in [2.24, 2.45) is 0 Å². The lowest BCUT2D eigenvalue weighted by Gasteiger charge is -2.11. The van der Waals surface area contributed by atoms with Crippen LogP contribution in [0.4, 0.5) is 5.69 Å². The first-order valence-electron chi connectivity index (χ1n) is 7.40. The fourth-order valence-corrected chi connectivity index (χ4v) is 2.82. The molecule has 0 spiro atoms. The number of hydrogen-bond donors (Lipinski definition) is 1. The fraction of sp³-hybridized carbons (Fsp3) is 0.0556. The van der Waals surface area contributed by atoms with Crippen LogP contribution in [0.15, 0.2) is 65.4 Å². The number of hydrogen-bond acceptors (Lipinski definition) is 3. The molecule has 0 radical (unpaired) electrons. The van der Waals surface area contributed by atoms with Crippen LogP contribution >= 0.6 is 27.5 Å². The Hall–Kier alpha value is -2.44. The van der Waals surface area contributed by atoms with Gasteiger partial charge >= 0.3 is 0 Å². The summed E-state index contributed by atoms with van der Waals surface area (Å²) in [5, 5.41) is 7.21. The number of nitrogens with zero attached hydrogens (tertiary/aromatic N) is 2. The summed E-state index contributed by atoms with van der Waals surface area (Å²) >= 11 is 9.31. The van der Waals surface area contributed by atoms with Crippen LogP contribution in [-0.2, 0) is 11.3 Å². The first-order chi connectivity index (χ1) is 12.0. The summed E-state index contributed by atoms with van der Waals surface area (Å²) in [4.78, 5) is 25.0. The zero-order valence-electron chi connectivity index (χ0n) is 12.9. The molecule has 1 amide bonds. The lowest BCUT2D eigenvalue weighted by molar-refractivity contribution is -0.116. The van der Waals surface area contributed by atoms with E-state index < -0.39 is 0 Å². The van der Waals surface area contributed by atoms with E-state index >= 15 is 0 Å². The minimum atomic E-state index is -0.292. The van der Waals surface area contributed by atoms with Crippen molar-refractivity contribution in [1.82, 2.24) is 9.78 Å². The summed E-state index contributed by atoms with van der Waals surface area (Å²) in [6, 6.07) is 13.6. The molecule has 0 saturated heterocycles. The Bertz CT molecular complexity index is 925. The van der Waals surface area contributed by atoms with Crippen LogP contribution < -0.4 is 5.32 Å².